The van der Waals surface area contributed by atoms with Gasteiger partial charge in [0.15, 0.2) is 11.4 Å². The average Bonchev–Trinajstić information content (AvgIpc) is 2.46. The molecule has 5 nitrogen and oxygen atoms in total. The maximum absolute atomic E-state index is 11.8. The third-order valence-electron chi connectivity index (χ3n) is 3.41. The minimum absolute atomic E-state index is 0.114. The number of carbonyl (C=O) groups excluding carboxylic acids is 1. The molecule has 5 heteroatoms. The number of carbonyl (C=O) groups is 1. The molecule has 2 aromatic carbocycles. The maximum atomic E-state index is 11.8. The highest BCUT2D eigenvalue weighted by molar-refractivity contribution is 6.12. The highest BCUT2D eigenvalue weighted by Crippen LogP contribution is 2.39. The first kappa shape index (κ1) is 13.9. The second-order valence-electron chi connectivity index (χ2n) is 4.90. The molecule has 110 valence electrons. The van der Waals surface area contributed by atoms with Crippen molar-refractivity contribution in [3.8, 4) is 22.6 Å². The van der Waals surface area contributed by atoms with Crippen molar-refractivity contribution in [2.24, 2.45) is 0 Å². The molecule has 22 heavy (non-hydrogen) atoms. The van der Waals surface area contributed by atoms with Crippen LogP contribution in [-0.4, -0.2) is 16.0 Å². The van der Waals surface area contributed by atoms with E-state index in [0.717, 1.165) is 6.07 Å². The quantitative estimate of drug-likeness (QED) is 0.560. The summed E-state index contributed by atoms with van der Waals surface area (Å²) in [5, 5.41) is 20.2. The van der Waals surface area contributed by atoms with E-state index < -0.39 is 17.2 Å². The van der Waals surface area contributed by atoms with Gasteiger partial charge >= 0.3 is 5.63 Å². The normalized spacial score (nSPS) is 10.8. The van der Waals surface area contributed by atoms with Crippen LogP contribution in [0.25, 0.3) is 22.1 Å². The van der Waals surface area contributed by atoms with E-state index >= 15 is 0 Å². The number of benzene rings is 2. The van der Waals surface area contributed by atoms with Gasteiger partial charge in [0, 0.05) is 17.7 Å². The maximum Gasteiger partial charge on any atom is 0.336 e. The van der Waals surface area contributed by atoms with Crippen molar-refractivity contribution in [3.05, 3.63) is 58.4 Å². The summed E-state index contributed by atoms with van der Waals surface area (Å²) in [5.74, 6) is -1.15. The fourth-order valence-corrected chi connectivity index (χ4v) is 2.50. The highest BCUT2D eigenvalue weighted by Gasteiger charge is 2.21. The molecule has 0 aliphatic carbocycles. The zero-order valence-electron chi connectivity index (χ0n) is 11.7. The van der Waals surface area contributed by atoms with Crippen molar-refractivity contribution in [1.82, 2.24) is 0 Å². The molecule has 0 unspecified atom stereocenters. The van der Waals surface area contributed by atoms with Crippen molar-refractivity contribution >= 4 is 16.8 Å². The Morgan fingerprint density at radius 3 is 2.36 bits per heavy atom. The van der Waals surface area contributed by atoms with E-state index in [1.807, 2.05) is 6.07 Å². The van der Waals surface area contributed by atoms with Crippen LogP contribution >= 0.6 is 0 Å². The summed E-state index contributed by atoms with van der Waals surface area (Å²) >= 11 is 0. The Labute approximate surface area is 125 Å². The number of aromatic hydroxyl groups is 2. The average molecular weight is 296 g/mol. The molecule has 0 fully saturated rings. The number of fused-ring (bicyclic) bond motifs is 1. The van der Waals surface area contributed by atoms with E-state index in [9.17, 15) is 19.8 Å². The summed E-state index contributed by atoms with van der Waals surface area (Å²) in [6.07, 6.45) is 0. The largest absolute Gasteiger partial charge is 0.507 e. The summed E-state index contributed by atoms with van der Waals surface area (Å²) in [6, 6.07) is 11.3. The monoisotopic (exact) mass is 296 g/mol. The first-order valence-electron chi connectivity index (χ1n) is 6.58. The highest BCUT2D eigenvalue weighted by atomic mass is 16.4. The van der Waals surface area contributed by atoms with Crippen LogP contribution in [0.5, 0.6) is 11.5 Å². The summed E-state index contributed by atoms with van der Waals surface area (Å²) in [4.78, 5) is 23.6. The van der Waals surface area contributed by atoms with Crippen molar-refractivity contribution in [2.45, 2.75) is 6.92 Å². The number of phenolic OH excluding ortho intramolecular Hbond substituents is 2. The van der Waals surface area contributed by atoms with Crippen LogP contribution in [0.4, 0.5) is 0 Å². The number of hydrogen-bond acceptors (Lipinski definition) is 5. The van der Waals surface area contributed by atoms with Gasteiger partial charge < -0.3 is 14.6 Å². The lowest BCUT2D eigenvalue weighted by Gasteiger charge is -2.11. The van der Waals surface area contributed by atoms with Gasteiger partial charge in [-0.3, -0.25) is 4.79 Å². The number of Topliss-reactive ketones (excluding diaryl/α,β-unsaturated/α-hetero) is 1. The molecular formula is C17H12O5. The van der Waals surface area contributed by atoms with E-state index in [1.54, 1.807) is 24.3 Å². The van der Waals surface area contributed by atoms with Crippen LogP contribution < -0.4 is 5.63 Å². The first-order chi connectivity index (χ1) is 10.5. The molecule has 2 N–H and O–H groups in total. The summed E-state index contributed by atoms with van der Waals surface area (Å²) in [7, 11) is 0. The Kier molecular flexibility index (Phi) is 3.18. The predicted molar refractivity (Wildman–Crippen MR) is 81.3 cm³/mol. The Morgan fingerprint density at radius 1 is 1.05 bits per heavy atom. The number of rotatable bonds is 2. The van der Waals surface area contributed by atoms with Gasteiger partial charge in [0.1, 0.15) is 17.1 Å². The van der Waals surface area contributed by atoms with Crippen LogP contribution in [0.1, 0.15) is 17.3 Å². The molecule has 0 bridgehead atoms. The zero-order valence-corrected chi connectivity index (χ0v) is 11.7. The lowest BCUT2D eigenvalue weighted by molar-refractivity contribution is 0.101. The molecule has 0 spiro atoms. The minimum Gasteiger partial charge on any atom is -0.507 e. The van der Waals surface area contributed by atoms with Crippen LogP contribution in [0.15, 0.2) is 51.7 Å². The third kappa shape index (κ3) is 2.13. The van der Waals surface area contributed by atoms with Crippen molar-refractivity contribution in [3.63, 3.8) is 0 Å². The third-order valence-corrected chi connectivity index (χ3v) is 3.41. The van der Waals surface area contributed by atoms with Gasteiger partial charge in [0.05, 0.1) is 5.39 Å². The molecule has 0 saturated carbocycles. The van der Waals surface area contributed by atoms with E-state index in [1.165, 1.54) is 13.0 Å². The van der Waals surface area contributed by atoms with E-state index in [-0.39, 0.29) is 22.3 Å². The van der Waals surface area contributed by atoms with Gasteiger partial charge in [-0.25, -0.2) is 4.79 Å². The molecule has 0 saturated heterocycles. The summed E-state index contributed by atoms with van der Waals surface area (Å²) in [5.41, 5.74) is 0.223. The second kappa shape index (κ2) is 5.04. The summed E-state index contributed by atoms with van der Waals surface area (Å²) < 4.78 is 5.08. The summed E-state index contributed by atoms with van der Waals surface area (Å²) in [6.45, 7) is 1.25. The number of ketones is 1. The first-order valence-corrected chi connectivity index (χ1v) is 6.58. The fraction of sp³-hybridized carbons (Fsp3) is 0.0588. The molecule has 0 aliphatic heterocycles. The Morgan fingerprint density at radius 2 is 1.73 bits per heavy atom. The van der Waals surface area contributed by atoms with Crippen LogP contribution in [0.3, 0.4) is 0 Å². The van der Waals surface area contributed by atoms with Crippen LogP contribution in [0.2, 0.25) is 0 Å². The van der Waals surface area contributed by atoms with Crippen molar-refractivity contribution in [1.29, 1.82) is 0 Å². The fourth-order valence-electron chi connectivity index (χ4n) is 2.50. The topological polar surface area (TPSA) is 87.7 Å². The molecule has 0 amide bonds. The van der Waals surface area contributed by atoms with E-state index in [0.29, 0.717) is 11.1 Å². The lowest BCUT2D eigenvalue weighted by Crippen LogP contribution is -2.03. The standard InChI is InChI=1S/C17H12O5/c1-9(18)15-12(19)8-13(20)16-11(7-14(21)22-17(15)16)10-5-3-2-4-6-10/h2-8,19-20H,1H3. The van der Waals surface area contributed by atoms with Crippen molar-refractivity contribution in [2.75, 3.05) is 0 Å². The molecule has 1 aromatic heterocycles. The molecule has 1 heterocycles. The lowest BCUT2D eigenvalue weighted by atomic mass is 9.98. The van der Waals surface area contributed by atoms with Gasteiger partial charge in [-0.1, -0.05) is 30.3 Å². The van der Waals surface area contributed by atoms with Gasteiger partial charge in [0.25, 0.3) is 0 Å². The minimum atomic E-state index is -0.668. The SMILES string of the molecule is CC(=O)c1c(O)cc(O)c2c(-c3ccccc3)cc(=O)oc12. The Bertz CT molecular complexity index is 939. The molecule has 0 atom stereocenters. The number of phenols is 2. The van der Waals surface area contributed by atoms with Gasteiger partial charge in [-0.2, -0.15) is 0 Å². The van der Waals surface area contributed by atoms with E-state index in [4.69, 9.17) is 4.42 Å². The number of hydrogen-bond donors (Lipinski definition) is 2. The Balaban J connectivity index is 2.53. The molecular weight excluding hydrogens is 284 g/mol. The van der Waals surface area contributed by atoms with E-state index in [2.05, 4.69) is 0 Å². The molecule has 0 radical (unpaired) electrons. The van der Waals surface area contributed by atoms with Crippen molar-refractivity contribution < 1.29 is 19.4 Å². The Hall–Kier alpha value is -3.08. The molecule has 0 aliphatic rings. The van der Waals surface area contributed by atoms with Crippen LogP contribution in [-0.2, 0) is 0 Å². The predicted octanol–water partition coefficient (Wildman–Crippen LogP) is 3.07. The smallest absolute Gasteiger partial charge is 0.336 e. The second-order valence-corrected chi connectivity index (χ2v) is 4.90. The zero-order chi connectivity index (χ0) is 15.9. The molecule has 3 aromatic rings. The van der Waals surface area contributed by atoms with Gasteiger partial charge in [0.2, 0.25) is 0 Å². The molecule has 3 rings (SSSR count). The van der Waals surface area contributed by atoms with Gasteiger partial charge in [-0.05, 0) is 12.5 Å². The van der Waals surface area contributed by atoms with Crippen LogP contribution in [0, 0.1) is 0 Å². The van der Waals surface area contributed by atoms with Gasteiger partial charge in [-0.15, -0.1) is 0 Å².